The zero-order valence-electron chi connectivity index (χ0n) is 9.49. The average Bonchev–Trinajstić information content (AvgIpc) is 3.09. The summed E-state index contributed by atoms with van der Waals surface area (Å²) >= 11 is 0. The summed E-state index contributed by atoms with van der Waals surface area (Å²) in [4.78, 5) is 22.6. The predicted molar refractivity (Wildman–Crippen MR) is 59.2 cm³/mol. The number of hydrogen-bond donors (Lipinski definition) is 2. The Balaban J connectivity index is 2.12. The smallest absolute Gasteiger partial charge is 0.267 e. The summed E-state index contributed by atoms with van der Waals surface area (Å²) in [6, 6.07) is 0. The van der Waals surface area contributed by atoms with Crippen molar-refractivity contribution in [1.29, 1.82) is 0 Å². The van der Waals surface area contributed by atoms with Crippen molar-refractivity contribution in [1.82, 2.24) is 10.9 Å². The molecule has 0 bridgehead atoms. The molecule has 90 valence electrons. The molecule has 2 amide bonds. The van der Waals surface area contributed by atoms with Crippen LogP contribution in [-0.4, -0.2) is 24.5 Å². The Morgan fingerprint density at radius 1 is 1.50 bits per heavy atom. The summed E-state index contributed by atoms with van der Waals surface area (Å²) in [6.07, 6.45) is 3.67. The third kappa shape index (κ3) is 4.44. The zero-order chi connectivity index (χ0) is 12.0. The lowest BCUT2D eigenvalue weighted by molar-refractivity contribution is -0.136. The number of ether oxygens (including phenoxy) is 1. The van der Waals surface area contributed by atoms with E-state index in [4.69, 9.17) is 4.74 Å². The van der Waals surface area contributed by atoms with Gasteiger partial charge in [-0.3, -0.25) is 20.4 Å². The van der Waals surface area contributed by atoms with E-state index in [9.17, 15) is 9.59 Å². The van der Waals surface area contributed by atoms with E-state index in [1.807, 2.05) is 0 Å². The Labute approximate surface area is 95.2 Å². The van der Waals surface area contributed by atoms with Crippen molar-refractivity contribution in [2.24, 2.45) is 5.92 Å². The molecule has 0 radical (unpaired) electrons. The monoisotopic (exact) mass is 226 g/mol. The number of hydrogen-bond acceptors (Lipinski definition) is 3. The molecule has 0 aromatic rings. The van der Waals surface area contributed by atoms with Gasteiger partial charge < -0.3 is 4.74 Å². The molecule has 0 saturated heterocycles. The summed E-state index contributed by atoms with van der Waals surface area (Å²) in [5.74, 6) is -0.373. The van der Waals surface area contributed by atoms with Crippen molar-refractivity contribution in [2.45, 2.75) is 32.3 Å². The van der Waals surface area contributed by atoms with Crippen LogP contribution in [0.2, 0.25) is 0 Å². The van der Waals surface area contributed by atoms with E-state index in [1.54, 1.807) is 13.0 Å². The highest BCUT2D eigenvalue weighted by atomic mass is 16.5. The summed E-state index contributed by atoms with van der Waals surface area (Å²) in [5.41, 5.74) is 4.72. The van der Waals surface area contributed by atoms with Gasteiger partial charge in [0.1, 0.15) is 6.10 Å². The van der Waals surface area contributed by atoms with Gasteiger partial charge in [0.15, 0.2) is 0 Å². The third-order valence-corrected chi connectivity index (χ3v) is 2.32. The summed E-state index contributed by atoms with van der Waals surface area (Å²) in [7, 11) is 0. The fourth-order valence-electron chi connectivity index (χ4n) is 1.08. The van der Waals surface area contributed by atoms with E-state index in [0.717, 1.165) is 12.8 Å². The highest BCUT2D eigenvalue weighted by Gasteiger charge is 2.30. The van der Waals surface area contributed by atoms with Crippen molar-refractivity contribution < 1.29 is 14.3 Å². The van der Waals surface area contributed by atoms with Gasteiger partial charge in [-0.05, 0) is 26.2 Å². The number of carbonyl (C=O) groups excluding carboxylic acids is 2. The quantitative estimate of drug-likeness (QED) is 0.394. The molecule has 1 rings (SSSR count). The molecule has 5 nitrogen and oxygen atoms in total. The molecule has 0 aromatic carbocycles. The van der Waals surface area contributed by atoms with Crippen LogP contribution in [0, 0.1) is 5.92 Å². The first-order valence-electron chi connectivity index (χ1n) is 5.47. The second kappa shape index (κ2) is 6.27. The molecule has 16 heavy (non-hydrogen) atoms. The first kappa shape index (κ1) is 12.7. The average molecular weight is 226 g/mol. The first-order chi connectivity index (χ1) is 7.65. The normalized spacial score (nSPS) is 16.3. The van der Waals surface area contributed by atoms with E-state index in [2.05, 4.69) is 17.4 Å². The maximum atomic E-state index is 11.4. The second-order valence-corrected chi connectivity index (χ2v) is 3.84. The highest BCUT2D eigenvalue weighted by molar-refractivity contribution is 5.86. The molecule has 1 aliphatic rings. The number of hydrazine groups is 1. The number of rotatable bonds is 6. The lowest BCUT2D eigenvalue weighted by Gasteiger charge is -2.13. The van der Waals surface area contributed by atoms with E-state index < -0.39 is 6.10 Å². The van der Waals surface area contributed by atoms with Crippen molar-refractivity contribution in [3.8, 4) is 0 Å². The molecular weight excluding hydrogens is 208 g/mol. The molecule has 0 heterocycles. The van der Waals surface area contributed by atoms with Gasteiger partial charge in [0.25, 0.3) is 5.91 Å². The van der Waals surface area contributed by atoms with E-state index in [0.29, 0.717) is 13.0 Å². The molecule has 0 spiro atoms. The Hall–Kier alpha value is -1.36. The summed E-state index contributed by atoms with van der Waals surface area (Å²) in [5, 5.41) is 0. The van der Waals surface area contributed by atoms with E-state index >= 15 is 0 Å². The van der Waals surface area contributed by atoms with Crippen LogP contribution in [0.25, 0.3) is 0 Å². The number of nitrogens with one attached hydrogen (secondary N) is 2. The Morgan fingerprint density at radius 2 is 2.19 bits per heavy atom. The molecule has 1 aliphatic carbocycles. The van der Waals surface area contributed by atoms with Gasteiger partial charge in [0.05, 0.1) is 6.61 Å². The van der Waals surface area contributed by atoms with Gasteiger partial charge in [-0.1, -0.05) is 6.08 Å². The van der Waals surface area contributed by atoms with Gasteiger partial charge in [0.2, 0.25) is 5.91 Å². The van der Waals surface area contributed by atoms with E-state index in [1.165, 1.54) is 0 Å². The Bertz CT molecular complexity index is 274. The highest BCUT2D eigenvalue weighted by Crippen LogP contribution is 2.28. The maximum Gasteiger partial charge on any atom is 0.267 e. The Kier molecular flexibility index (Phi) is 4.98. The minimum atomic E-state index is -0.570. The fourth-order valence-corrected chi connectivity index (χ4v) is 1.08. The van der Waals surface area contributed by atoms with Crippen LogP contribution in [0.3, 0.4) is 0 Å². The van der Waals surface area contributed by atoms with Crippen molar-refractivity contribution in [3.63, 3.8) is 0 Å². The lowest BCUT2D eigenvalue weighted by atomic mass is 10.4. The van der Waals surface area contributed by atoms with Crippen LogP contribution >= 0.6 is 0 Å². The summed E-state index contributed by atoms with van der Waals surface area (Å²) < 4.78 is 5.22. The van der Waals surface area contributed by atoms with Crippen LogP contribution in [-0.2, 0) is 14.3 Å². The van der Waals surface area contributed by atoms with Crippen molar-refractivity contribution >= 4 is 11.8 Å². The van der Waals surface area contributed by atoms with Crippen LogP contribution in [0.4, 0.5) is 0 Å². The Morgan fingerprint density at radius 3 is 2.75 bits per heavy atom. The molecule has 1 saturated carbocycles. The maximum absolute atomic E-state index is 11.4. The SMILES string of the molecule is C=CCCOC(C)C(=O)NNC(=O)C1CC1. The van der Waals surface area contributed by atoms with Gasteiger partial charge in [0, 0.05) is 5.92 Å². The van der Waals surface area contributed by atoms with Gasteiger partial charge in [-0.25, -0.2) is 0 Å². The topological polar surface area (TPSA) is 67.4 Å². The first-order valence-corrected chi connectivity index (χ1v) is 5.47. The van der Waals surface area contributed by atoms with Gasteiger partial charge in [-0.2, -0.15) is 0 Å². The largest absolute Gasteiger partial charge is 0.368 e. The number of carbonyl (C=O) groups is 2. The molecule has 2 N–H and O–H groups in total. The van der Waals surface area contributed by atoms with Crippen molar-refractivity contribution in [3.05, 3.63) is 12.7 Å². The minimum absolute atomic E-state index is 0.0808. The number of amides is 2. The minimum Gasteiger partial charge on any atom is -0.368 e. The molecule has 1 fully saturated rings. The van der Waals surface area contributed by atoms with Gasteiger partial charge in [-0.15, -0.1) is 6.58 Å². The van der Waals surface area contributed by atoms with E-state index in [-0.39, 0.29) is 17.7 Å². The molecule has 5 heteroatoms. The molecule has 1 unspecified atom stereocenters. The standard InChI is InChI=1S/C11H18N2O3/c1-3-4-7-16-8(2)10(14)12-13-11(15)9-5-6-9/h3,8-9H,1,4-7H2,2H3,(H,12,14)(H,13,15). The predicted octanol–water partition coefficient (Wildman–Crippen LogP) is 0.525. The molecule has 1 atom stereocenters. The zero-order valence-corrected chi connectivity index (χ0v) is 9.49. The van der Waals surface area contributed by atoms with Crippen LogP contribution in [0.5, 0.6) is 0 Å². The lowest BCUT2D eigenvalue weighted by Crippen LogP contribution is -2.46. The summed E-state index contributed by atoms with van der Waals surface area (Å²) in [6.45, 7) is 5.64. The second-order valence-electron chi connectivity index (χ2n) is 3.84. The third-order valence-electron chi connectivity index (χ3n) is 2.32. The molecule has 0 aliphatic heterocycles. The van der Waals surface area contributed by atoms with Gasteiger partial charge >= 0.3 is 0 Å². The molecular formula is C11H18N2O3. The molecule has 0 aromatic heterocycles. The van der Waals surface area contributed by atoms with Crippen LogP contribution < -0.4 is 10.9 Å². The fraction of sp³-hybridized carbons (Fsp3) is 0.636. The van der Waals surface area contributed by atoms with Crippen LogP contribution in [0.1, 0.15) is 26.2 Å². The van der Waals surface area contributed by atoms with Crippen LogP contribution in [0.15, 0.2) is 12.7 Å². The van der Waals surface area contributed by atoms with Crippen molar-refractivity contribution in [2.75, 3.05) is 6.61 Å².